The first-order chi connectivity index (χ1) is 9.16. The lowest BCUT2D eigenvalue weighted by molar-refractivity contribution is -0.384. The van der Waals surface area contributed by atoms with Crippen LogP contribution in [0.25, 0.3) is 16.6 Å². The minimum atomic E-state index is -0.431. The Kier molecular flexibility index (Phi) is 2.42. The molecule has 0 aliphatic heterocycles. The highest BCUT2D eigenvalue weighted by atomic mass is 16.6. The molecule has 6 heteroatoms. The third-order valence-electron chi connectivity index (χ3n) is 2.92. The number of non-ortho nitro benzene ring substituents is 1. The summed E-state index contributed by atoms with van der Waals surface area (Å²) in [6.45, 7) is 0. The summed E-state index contributed by atoms with van der Waals surface area (Å²) in [5.41, 5.74) is 7.51. The number of fused-ring (bicyclic) bond motifs is 1. The molecule has 0 atom stereocenters. The van der Waals surface area contributed by atoms with E-state index in [2.05, 4.69) is 5.10 Å². The predicted molar refractivity (Wildman–Crippen MR) is 72.1 cm³/mol. The Labute approximate surface area is 108 Å². The van der Waals surface area contributed by atoms with Gasteiger partial charge in [0.05, 0.1) is 16.1 Å². The van der Waals surface area contributed by atoms with Gasteiger partial charge < -0.3 is 5.73 Å². The van der Waals surface area contributed by atoms with Crippen molar-refractivity contribution in [3.8, 4) is 5.69 Å². The maximum absolute atomic E-state index is 10.6. The van der Waals surface area contributed by atoms with E-state index in [1.807, 2.05) is 24.3 Å². The molecule has 3 rings (SSSR count). The van der Waals surface area contributed by atoms with Crippen LogP contribution in [0.2, 0.25) is 0 Å². The highest BCUT2D eigenvalue weighted by molar-refractivity contribution is 5.90. The molecule has 94 valence electrons. The van der Waals surface area contributed by atoms with Gasteiger partial charge in [0.15, 0.2) is 5.82 Å². The Morgan fingerprint density at radius 3 is 2.47 bits per heavy atom. The molecule has 0 aliphatic rings. The van der Waals surface area contributed by atoms with E-state index < -0.39 is 4.92 Å². The molecule has 0 aliphatic carbocycles. The van der Waals surface area contributed by atoms with Gasteiger partial charge in [0.25, 0.3) is 5.69 Å². The van der Waals surface area contributed by atoms with Crippen molar-refractivity contribution in [3.05, 3.63) is 58.6 Å². The lowest BCUT2D eigenvalue weighted by Gasteiger charge is -2.02. The summed E-state index contributed by atoms with van der Waals surface area (Å²) in [5.74, 6) is 0.439. The summed E-state index contributed by atoms with van der Waals surface area (Å²) in [4.78, 5) is 10.2. The molecule has 0 saturated carbocycles. The third-order valence-corrected chi connectivity index (χ3v) is 2.92. The van der Waals surface area contributed by atoms with Crippen LogP contribution < -0.4 is 5.73 Å². The van der Waals surface area contributed by atoms with E-state index in [-0.39, 0.29) is 5.69 Å². The molecule has 3 aromatic rings. The van der Waals surface area contributed by atoms with Gasteiger partial charge in [-0.3, -0.25) is 10.1 Å². The van der Waals surface area contributed by atoms with Gasteiger partial charge in [-0.25, -0.2) is 4.68 Å². The molecule has 0 fully saturated rings. The number of hydrogen-bond donors (Lipinski definition) is 1. The van der Waals surface area contributed by atoms with Crippen molar-refractivity contribution in [3.63, 3.8) is 0 Å². The van der Waals surface area contributed by atoms with Crippen LogP contribution in [-0.4, -0.2) is 14.7 Å². The van der Waals surface area contributed by atoms with Gasteiger partial charge in [-0.2, -0.15) is 0 Å². The quantitative estimate of drug-likeness (QED) is 0.562. The normalized spacial score (nSPS) is 10.7. The van der Waals surface area contributed by atoms with Crippen molar-refractivity contribution in [2.75, 3.05) is 5.73 Å². The zero-order valence-corrected chi connectivity index (χ0v) is 9.85. The molecule has 0 bridgehead atoms. The smallest absolute Gasteiger partial charge is 0.269 e. The number of anilines is 1. The summed E-state index contributed by atoms with van der Waals surface area (Å²) in [5, 5.41) is 15.7. The lowest BCUT2D eigenvalue weighted by atomic mass is 10.2. The molecule has 0 radical (unpaired) electrons. The Morgan fingerprint density at radius 2 is 1.79 bits per heavy atom. The predicted octanol–water partition coefficient (Wildman–Crippen LogP) is 2.52. The zero-order valence-electron chi connectivity index (χ0n) is 9.85. The van der Waals surface area contributed by atoms with Crippen molar-refractivity contribution < 1.29 is 4.92 Å². The highest BCUT2D eigenvalue weighted by Crippen LogP contribution is 2.24. The van der Waals surface area contributed by atoms with Gasteiger partial charge in [-0.15, -0.1) is 5.10 Å². The Balaban J connectivity index is 2.16. The van der Waals surface area contributed by atoms with Crippen LogP contribution in [0, 0.1) is 10.1 Å². The molecular formula is C13H10N4O2. The SMILES string of the molecule is Nc1nn(-c2ccc([N+](=O)[O-])cc2)c2ccccc12. The maximum Gasteiger partial charge on any atom is 0.269 e. The van der Waals surface area contributed by atoms with Crippen molar-refractivity contribution in [1.29, 1.82) is 0 Å². The van der Waals surface area contributed by atoms with Gasteiger partial charge in [0.2, 0.25) is 0 Å². The molecule has 0 spiro atoms. The number of nitrogens with zero attached hydrogens (tertiary/aromatic N) is 3. The van der Waals surface area contributed by atoms with Crippen LogP contribution in [0.5, 0.6) is 0 Å². The molecule has 1 aromatic heterocycles. The monoisotopic (exact) mass is 254 g/mol. The Bertz CT molecular complexity index is 762. The second-order valence-corrected chi connectivity index (χ2v) is 4.09. The maximum atomic E-state index is 10.6. The van der Waals surface area contributed by atoms with E-state index in [0.29, 0.717) is 5.82 Å². The Hall–Kier alpha value is -2.89. The number of rotatable bonds is 2. The summed E-state index contributed by atoms with van der Waals surface area (Å²) in [7, 11) is 0. The second-order valence-electron chi connectivity index (χ2n) is 4.09. The molecule has 19 heavy (non-hydrogen) atoms. The number of nitrogens with two attached hydrogens (primary N) is 1. The minimum Gasteiger partial charge on any atom is -0.382 e. The Morgan fingerprint density at radius 1 is 1.11 bits per heavy atom. The van der Waals surface area contributed by atoms with Crippen LogP contribution >= 0.6 is 0 Å². The molecule has 6 nitrogen and oxygen atoms in total. The second kappa shape index (κ2) is 4.09. The minimum absolute atomic E-state index is 0.0492. The van der Waals surface area contributed by atoms with E-state index in [1.165, 1.54) is 12.1 Å². The topological polar surface area (TPSA) is 87.0 Å². The number of aromatic nitrogens is 2. The first-order valence-electron chi connectivity index (χ1n) is 5.65. The first-order valence-corrected chi connectivity index (χ1v) is 5.65. The number of nitro groups is 1. The zero-order chi connectivity index (χ0) is 13.4. The van der Waals surface area contributed by atoms with Crippen molar-refractivity contribution >= 4 is 22.4 Å². The molecule has 0 amide bonds. The van der Waals surface area contributed by atoms with Crippen LogP contribution in [-0.2, 0) is 0 Å². The van der Waals surface area contributed by atoms with E-state index in [9.17, 15) is 10.1 Å². The molecular weight excluding hydrogens is 244 g/mol. The van der Waals surface area contributed by atoms with Crippen molar-refractivity contribution in [1.82, 2.24) is 9.78 Å². The summed E-state index contributed by atoms with van der Waals surface area (Å²) >= 11 is 0. The van der Waals surface area contributed by atoms with Crippen LogP contribution in [0.4, 0.5) is 11.5 Å². The fraction of sp³-hybridized carbons (Fsp3) is 0. The van der Waals surface area contributed by atoms with E-state index in [0.717, 1.165) is 16.6 Å². The largest absolute Gasteiger partial charge is 0.382 e. The average molecular weight is 254 g/mol. The fourth-order valence-corrected chi connectivity index (χ4v) is 2.00. The van der Waals surface area contributed by atoms with Crippen LogP contribution in [0.3, 0.4) is 0 Å². The lowest BCUT2D eigenvalue weighted by Crippen LogP contribution is -1.97. The number of benzene rings is 2. The van der Waals surface area contributed by atoms with Gasteiger partial charge in [-0.1, -0.05) is 12.1 Å². The van der Waals surface area contributed by atoms with E-state index >= 15 is 0 Å². The average Bonchev–Trinajstić information content (AvgIpc) is 2.77. The summed E-state index contributed by atoms with van der Waals surface area (Å²) in [6, 6.07) is 13.8. The molecule has 2 N–H and O–H groups in total. The van der Waals surface area contributed by atoms with E-state index in [4.69, 9.17) is 5.73 Å². The first kappa shape index (κ1) is 11.2. The van der Waals surface area contributed by atoms with Crippen molar-refractivity contribution in [2.24, 2.45) is 0 Å². The van der Waals surface area contributed by atoms with Gasteiger partial charge in [-0.05, 0) is 24.3 Å². The molecule has 1 heterocycles. The number of hydrogen-bond acceptors (Lipinski definition) is 4. The molecule has 2 aromatic carbocycles. The molecule has 0 saturated heterocycles. The van der Waals surface area contributed by atoms with Crippen LogP contribution in [0.15, 0.2) is 48.5 Å². The van der Waals surface area contributed by atoms with Gasteiger partial charge >= 0.3 is 0 Å². The number of para-hydroxylation sites is 1. The van der Waals surface area contributed by atoms with E-state index in [1.54, 1.807) is 16.8 Å². The fourth-order valence-electron chi connectivity index (χ4n) is 2.00. The molecule has 0 unspecified atom stereocenters. The number of nitrogen functional groups attached to an aromatic ring is 1. The standard InChI is InChI=1S/C13H10N4O2/c14-13-11-3-1-2-4-12(11)16(15-13)9-5-7-10(8-6-9)17(18)19/h1-8H,(H2,14,15). The summed E-state index contributed by atoms with van der Waals surface area (Å²) < 4.78 is 1.67. The van der Waals surface area contributed by atoms with Crippen molar-refractivity contribution in [2.45, 2.75) is 0 Å². The van der Waals surface area contributed by atoms with Crippen LogP contribution in [0.1, 0.15) is 0 Å². The third kappa shape index (κ3) is 1.79. The highest BCUT2D eigenvalue weighted by Gasteiger charge is 2.10. The summed E-state index contributed by atoms with van der Waals surface area (Å²) in [6.07, 6.45) is 0. The van der Waals surface area contributed by atoms with Gasteiger partial charge in [0, 0.05) is 17.5 Å². The number of nitro benzene ring substituents is 1. The van der Waals surface area contributed by atoms with Gasteiger partial charge in [0.1, 0.15) is 0 Å².